The third kappa shape index (κ3) is 4.55. The van der Waals surface area contributed by atoms with Crippen molar-refractivity contribution in [2.45, 2.75) is 24.9 Å². The number of hydrazine groups is 1. The summed E-state index contributed by atoms with van der Waals surface area (Å²) >= 11 is 12.4. The van der Waals surface area contributed by atoms with Gasteiger partial charge in [-0.05, 0) is 63.8 Å². The fourth-order valence-corrected chi connectivity index (χ4v) is 3.37. The van der Waals surface area contributed by atoms with Crippen LogP contribution in [0.5, 0.6) is 0 Å². The minimum absolute atomic E-state index is 0.131. The van der Waals surface area contributed by atoms with Crippen LogP contribution in [0.15, 0.2) is 18.2 Å². The molecular weight excluding hydrogens is 307 g/mol. The van der Waals surface area contributed by atoms with E-state index in [1.54, 1.807) is 0 Å². The molecule has 3 N–H and O–H groups in total. The van der Waals surface area contributed by atoms with Gasteiger partial charge in [0, 0.05) is 28.7 Å². The van der Waals surface area contributed by atoms with Crippen molar-refractivity contribution in [1.29, 1.82) is 0 Å². The van der Waals surface area contributed by atoms with Crippen LogP contribution in [-0.4, -0.2) is 55.6 Å². The number of nitrogens with one attached hydrogen (secondary N) is 1. The molecule has 0 amide bonds. The molecular formula is C15H24Cl2N4. The molecule has 0 radical (unpaired) electrons. The van der Waals surface area contributed by atoms with Crippen LogP contribution < -0.4 is 11.3 Å². The molecule has 1 aromatic rings. The van der Waals surface area contributed by atoms with Gasteiger partial charge in [-0.3, -0.25) is 11.3 Å². The van der Waals surface area contributed by atoms with Gasteiger partial charge in [0.1, 0.15) is 0 Å². The molecule has 118 valence electrons. The van der Waals surface area contributed by atoms with Crippen LogP contribution >= 0.6 is 23.2 Å². The molecule has 0 saturated carbocycles. The number of hydrogen-bond donors (Lipinski definition) is 2. The highest BCUT2D eigenvalue weighted by molar-refractivity contribution is 6.33. The van der Waals surface area contributed by atoms with Gasteiger partial charge < -0.3 is 9.80 Å². The third-order valence-electron chi connectivity index (χ3n) is 4.24. The molecule has 0 aliphatic carbocycles. The molecule has 2 rings (SSSR count). The molecule has 0 spiro atoms. The lowest BCUT2D eigenvalue weighted by atomic mass is 9.98. The fourth-order valence-electron chi connectivity index (χ4n) is 2.98. The van der Waals surface area contributed by atoms with E-state index in [2.05, 4.69) is 29.3 Å². The number of rotatable bonds is 4. The van der Waals surface area contributed by atoms with E-state index >= 15 is 0 Å². The van der Waals surface area contributed by atoms with E-state index < -0.39 is 0 Å². The predicted molar refractivity (Wildman–Crippen MR) is 89.8 cm³/mol. The molecule has 1 saturated heterocycles. The van der Waals surface area contributed by atoms with Crippen molar-refractivity contribution in [2.75, 3.05) is 33.7 Å². The quantitative estimate of drug-likeness (QED) is 0.654. The van der Waals surface area contributed by atoms with E-state index in [1.807, 2.05) is 18.2 Å². The van der Waals surface area contributed by atoms with Crippen molar-refractivity contribution in [3.05, 3.63) is 33.8 Å². The second-order valence-corrected chi connectivity index (χ2v) is 6.72. The first kappa shape index (κ1) is 17.0. The Morgan fingerprint density at radius 2 is 2.10 bits per heavy atom. The third-order valence-corrected chi connectivity index (χ3v) is 4.85. The van der Waals surface area contributed by atoms with Crippen LogP contribution in [0.2, 0.25) is 10.0 Å². The number of nitrogens with zero attached hydrogens (tertiary/aromatic N) is 2. The summed E-state index contributed by atoms with van der Waals surface area (Å²) in [6.07, 6.45) is 1.94. The second-order valence-electron chi connectivity index (χ2n) is 5.88. The van der Waals surface area contributed by atoms with Gasteiger partial charge in [-0.1, -0.05) is 23.2 Å². The molecule has 1 heterocycles. The van der Waals surface area contributed by atoms with E-state index in [1.165, 1.54) is 6.42 Å². The molecule has 2 atom stereocenters. The summed E-state index contributed by atoms with van der Waals surface area (Å²) in [6, 6.07) is 6.05. The lowest BCUT2D eigenvalue weighted by Gasteiger charge is -2.34. The Kier molecular flexibility index (Phi) is 6.29. The Balaban J connectivity index is 2.16. The van der Waals surface area contributed by atoms with Crippen molar-refractivity contribution in [3.8, 4) is 0 Å². The van der Waals surface area contributed by atoms with E-state index in [-0.39, 0.29) is 6.04 Å². The Hall–Kier alpha value is -0.360. The first-order valence-electron chi connectivity index (χ1n) is 7.30. The van der Waals surface area contributed by atoms with Gasteiger partial charge in [-0.25, -0.2) is 0 Å². The van der Waals surface area contributed by atoms with Crippen LogP contribution in [0, 0.1) is 0 Å². The molecule has 0 bridgehead atoms. The largest absolute Gasteiger partial charge is 0.305 e. The minimum atomic E-state index is 0.131. The van der Waals surface area contributed by atoms with E-state index in [9.17, 15) is 0 Å². The van der Waals surface area contributed by atoms with E-state index in [4.69, 9.17) is 29.0 Å². The summed E-state index contributed by atoms with van der Waals surface area (Å²) in [5.74, 6) is 5.83. The van der Waals surface area contributed by atoms with Gasteiger partial charge >= 0.3 is 0 Å². The molecule has 6 heteroatoms. The average molecular weight is 331 g/mol. The highest BCUT2D eigenvalue weighted by Crippen LogP contribution is 2.23. The van der Waals surface area contributed by atoms with Gasteiger partial charge in [-0.2, -0.15) is 0 Å². The number of hydrogen-bond acceptors (Lipinski definition) is 4. The summed E-state index contributed by atoms with van der Waals surface area (Å²) in [4.78, 5) is 4.74. The maximum absolute atomic E-state index is 6.28. The van der Waals surface area contributed by atoms with Crippen molar-refractivity contribution in [2.24, 2.45) is 5.84 Å². The zero-order chi connectivity index (χ0) is 15.4. The molecule has 21 heavy (non-hydrogen) atoms. The molecule has 1 aliphatic heterocycles. The first-order chi connectivity index (χ1) is 10.0. The van der Waals surface area contributed by atoms with Gasteiger partial charge in [0.25, 0.3) is 0 Å². The Bertz CT molecular complexity index is 469. The molecule has 4 nitrogen and oxygen atoms in total. The lowest BCUT2D eigenvalue weighted by molar-refractivity contribution is 0.177. The van der Waals surface area contributed by atoms with Gasteiger partial charge in [0.15, 0.2) is 0 Å². The molecule has 0 aromatic heterocycles. The number of benzene rings is 1. The summed E-state index contributed by atoms with van der Waals surface area (Å²) in [7, 11) is 4.32. The molecule has 2 unspecified atom stereocenters. The number of halogens is 2. The van der Waals surface area contributed by atoms with Gasteiger partial charge in [0.05, 0.1) is 0 Å². The summed E-state index contributed by atoms with van der Waals surface area (Å²) in [6.45, 7) is 3.19. The summed E-state index contributed by atoms with van der Waals surface area (Å²) < 4.78 is 0. The molecule has 1 aromatic carbocycles. The SMILES string of the molecule is CN1CCCN(C)C(C(Cc2cc(Cl)ccc2Cl)NN)C1. The fraction of sp³-hybridized carbons (Fsp3) is 0.600. The zero-order valence-corrected chi connectivity index (χ0v) is 14.2. The minimum Gasteiger partial charge on any atom is -0.305 e. The second kappa shape index (κ2) is 7.77. The van der Waals surface area contributed by atoms with Crippen LogP contribution in [0.4, 0.5) is 0 Å². The van der Waals surface area contributed by atoms with E-state index in [0.29, 0.717) is 11.1 Å². The Labute approximate surface area is 137 Å². The zero-order valence-electron chi connectivity index (χ0n) is 12.6. The van der Waals surface area contributed by atoms with Crippen LogP contribution in [-0.2, 0) is 6.42 Å². The maximum Gasteiger partial charge on any atom is 0.0439 e. The van der Waals surface area contributed by atoms with Crippen molar-refractivity contribution in [3.63, 3.8) is 0 Å². The van der Waals surface area contributed by atoms with Gasteiger partial charge in [-0.15, -0.1) is 0 Å². The normalized spacial score (nSPS) is 23.0. The Morgan fingerprint density at radius 3 is 2.81 bits per heavy atom. The Morgan fingerprint density at radius 1 is 1.33 bits per heavy atom. The van der Waals surface area contributed by atoms with Crippen molar-refractivity contribution < 1.29 is 0 Å². The first-order valence-corrected chi connectivity index (χ1v) is 8.05. The number of nitrogens with two attached hydrogens (primary N) is 1. The van der Waals surface area contributed by atoms with Crippen LogP contribution in [0.3, 0.4) is 0 Å². The summed E-state index contributed by atoms with van der Waals surface area (Å²) in [5.41, 5.74) is 4.01. The molecule has 1 fully saturated rings. The highest BCUT2D eigenvalue weighted by atomic mass is 35.5. The van der Waals surface area contributed by atoms with Crippen LogP contribution in [0.25, 0.3) is 0 Å². The van der Waals surface area contributed by atoms with Gasteiger partial charge in [0.2, 0.25) is 0 Å². The van der Waals surface area contributed by atoms with Crippen molar-refractivity contribution >= 4 is 23.2 Å². The lowest BCUT2D eigenvalue weighted by Crippen LogP contribution is -2.55. The predicted octanol–water partition coefficient (Wildman–Crippen LogP) is 2.00. The monoisotopic (exact) mass is 330 g/mol. The topological polar surface area (TPSA) is 44.5 Å². The average Bonchev–Trinajstić information content (AvgIpc) is 2.61. The molecule has 1 aliphatic rings. The van der Waals surface area contributed by atoms with Crippen molar-refractivity contribution in [1.82, 2.24) is 15.2 Å². The highest BCUT2D eigenvalue weighted by Gasteiger charge is 2.28. The standard InChI is InChI=1S/C15H24Cl2N4/c1-20-6-3-7-21(2)15(10-20)14(19-18)9-11-8-12(16)4-5-13(11)17/h4-5,8,14-15,19H,3,6-7,9-10,18H2,1-2H3. The van der Waals surface area contributed by atoms with E-state index in [0.717, 1.165) is 36.6 Å². The smallest absolute Gasteiger partial charge is 0.0439 e. The summed E-state index contributed by atoms with van der Waals surface area (Å²) in [5, 5.41) is 1.45. The maximum atomic E-state index is 6.28. The number of likely N-dealkylation sites (N-methyl/N-ethyl adjacent to an activating group) is 2. The van der Waals surface area contributed by atoms with Crippen LogP contribution in [0.1, 0.15) is 12.0 Å².